The molecule has 1 aromatic rings. The van der Waals surface area contributed by atoms with Gasteiger partial charge in [-0.05, 0) is 20.3 Å². The Kier molecular flexibility index (Phi) is 5.91. The molecule has 0 bridgehead atoms. The summed E-state index contributed by atoms with van der Waals surface area (Å²) >= 11 is 5.73. The standard InChI is InChI=1S/C12H19ClN4O3S/c1-5-6-16(7-10(4)13)12(18)17-8-14-11(15-17)21(19,20)9(2)3/h8-9H,4-7H2,1-3H3. The zero-order chi connectivity index (χ0) is 16.2. The van der Waals surface area contributed by atoms with Gasteiger partial charge in [-0.2, -0.15) is 4.68 Å². The van der Waals surface area contributed by atoms with Crippen molar-refractivity contribution in [2.75, 3.05) is 13.1 Å². The van der Waals surface area contributed by atoms with E-state index in [1.807, 2.05) is 6.92 Å². The average molecular weight is 335 g/mol. The summed E-state index contributed by atoms with van der Waals surface area (Å²) in [4.78, 5) is 17.4. The van der Waals surface area contributed by atoms with Gasteiger partial charge in [0.25, 0.3) is 5.16 Å². The van der Waals surface area contributed by atoms with Crippen molar-refractivity contribution in [2.24, 2.45) is 0 Å². The summed E-state index contributed by atoms with van der Waals surface area (Å²) in [5.74, 6) is 0. The highest BCUT2D eigenvalue weighted by Crippen LogP contribution is 2.11. The molecule has 0 aliphatic carbocycles. The van der Waals surface area contributed by atoms with E-state index >= 15 is 0 Å². The number of sulfone groups is 1. The van der Waals surface area contributed by atoms with Gasteiger partial charge >= 0.3 is 6.03 Å². The molecule has 7 nitrogen and oxygen atoms in total. The first-order chi connectivity index (χ1) is 9.70. The molecule has 0 saturated carbocycles. The molecule has 21 heavy (non-hydrogen) atoms. The van der Waals surface area contributed by atoms with Crippen molar-refractivity contribution in [3.05, 3.63) is 17.9 Å². The van der Waals surface area contributed by atoms with Gasteiger partial charge < -0.3 is 4.90 Å². The molecular formula is C12H19ClN4O3S. The van der Waals surface area contributed by atoms with E-state index in [2.05, 4.69) is 16.7 Å². The second-order valence-corrected chi connectivity index (χ2v) is 7.72. The Bertz CT molecular complexity index is 624. The summed E-state index contributed by atoms with van der Waals surface area (Å²) in [5.41, 5.74) is 0. The zero-order valence-corrected chi connectivity index (χ0v) is 13.9. The Morgan fingerprint density at radius 1 is 1.52 bits per heavy atom. The fourth-order valence-corrected chi connectivity index (χ4v) is 2.51. The van der Waals surface area contributed by atoms with Crippen LogP contribution in [0.2, 0.25) is 0 Å². The molecule has 0 N–H and O–H groups in total. The topological polar surface area (TPSA) is 85.2 Å². The minimum atomic E-state index is -3.61. The summed E-state index contributed by atoms with van der Waals surface area (Å²) < 4.78 is 24.8. The predicted molar refractivity (Wildman–Crippen MR) is 80.0 cm³/mol. The van der Waals surface area contributed by atoms with Gasteiger partial charge in [0.15, 0.2) is 0 Å². The molecule has 0 atom stereocenters. The molecular weight excluding hydrogens is 316 g/mol. The molecule has 9 heteroatoms. The molecule has 0 radical (unpaired) electrons. The maximum absolute atomic E-state index is 12.3. The number of aromatic nitrogens is 3. The molecule has 1 rings (SSSR count). The number of carbonyl (C=O) groups excluding carboxylic acids is 1. The van der Waals surface area contributed by atoms with Crippen molar-refractivity contribution < 1.29 is 13.2 Å². The van der Waals surface area contributed by atoms with E-state index in [9.17, 15) is 13.2 Å². The van der Waals surface area contributed by atoms with Crippen LogP contribution in [0.1, 0.15) is 27.2 Å². The highest BCUT2D eigenvalue weighted by atomic mass is 35.5. The van der Waals surface area contributed by atoms with Crippen LogP contribution in [-0.2, 0) is 9.84 Å². The third-order valence-corrected chi connectivity index (χ3v) is 4.73. The Labute approximate surface area is 129 Å². The Balaban J connectivity index is 3.03. The normalized spacial score (nSPS) is 11.7. The lowest BCUT2D eigenvalue weighted by atomic mass is 10.4. The van der Waals surface area contributed by atoms with Gasteiger partial charge in [0.1, 0.15) is 6.33 Å². The maximum Gasteiger partial charge on any atom is 0.346 e. The zero-order valence-electron chi connectivity index (χ0n) is 12.3. The molecule has 0 unspecified atom stereocenters. The van der Waals surface area contributed by atoms with Crippen molar-refractivity contribution in [1.82, 2.24) is 19.7 Å². The van der Waals surface area contributed by atoms with E-state index in [4.69, 9.17) is 11.6 Å². The molecule has 1 amide bonds. The highest BCUT2D eigenvalue weighted by molar-refractivity contribution is 7.91. The van der Waals surface area contributed by atoms with E-state index in [0.717, 1.165) is 17.4 Å². The van der Waals surface area contributed by atoms with E-state index < -0.39 is 21.1 Å². The second kappa shape index (κ2) is 7.04. The molecule has 118 valence electrons. The van der Waals surface area contributed by atoms with Crippen molar-refractivity contribution in [2.45, 2.75) is 37.6 Å². The second-order valence-electron chi connectivity index (χ2n) is 4.79. The lowest BCUT2D eigenvalue weighted by molar-refractivity contribution is 0.201. The van der Waals surface area contributed by atoms with Crippen LogP contribution >= 0.6 is 11.6 Å². The lowest BCUT2D eigenvalue weighted by Crippen LogP contribution is -2.36. The van der Waals surface area contributed by atoms with Crippen molar-refractivity contribution in [3.8, 4) is 0 Å². The van der Waals surface area contributed by atoms with E-state index in [1.54, 1.807) is 0 Å². The average Bonchev–Trinajstić information content (AvgIpc) is 2.86. The highest BCUT2D eigenvalue weighted by Gasteiger charge is 2.26. The third kappa shape index (κ3) is 4.28. The molecule has 0 aliphatic rings. The number of hydrogen-bond donors (Lipinski definition) is 0. The van der Waals surface area contributed by atoms with Crippen LogP contribution in [0.5, 0.6) is 0 Å². The van der Waals surface area contributed by atoms with Crippen LogP contribution < -0.4 is 0 Å². The summed E-state index contributed by atoms with van der Waals surface area (Å²) in [7, 11) is -3.61. The first-order valence-corrected chi connectivity index (χ1v) is 8.40. The number of carbonyl (C=O) groups is 1. The van der Waals surface area contributed by atoms with Crippen molar-refractivity contribution in [3.63, 3.8) is 0 Å². The minimum Gasteiger partial charge on any atom is -0.318 e. The number of halogens is 1. The van der Waals surface area contributed by atoms with Crippen molar-refractivity contribution >= 4 is 27.5 Å². The van der Waals surface area contributed by atoms with Crippen LogP contribution in [0, 0.1) is 0 Å². The van der Waals surface area contributed by atoms with Gasteiger partial charge in [0, 0.05) is 11.6 Å². The van der Waals surface area contributed by atoms with Gasteiger partial charge in [0.2, 0.25) is 9.84 Å². The summed E-state index contributed by atoms with van der Waals surface area (Å²) in [5, 5.41) is 3.07. The van der Waals surface area contributed by atoms with Gasteiger partial charge in [0.05, 0.1) is 11.8 Å². The van der Waals surface area contributed by atoms with Crippen LogP contribution in [0.25, 0.3) is 0 Å². The smallest absolute Gasteiger partial charge is 0.318 e. The SMILES string of the molecule is C=C(Cl)CN(CCC)C(=O)n1cnc(S(=O)(=O)C(C)C)n1. The summed E-state index contributed by atoms with van der Waals surface area (Å²) in [6, 6.07) is -0.489. The number of hydrogen-bond acceptors (Lipinski definition) is 5. The monoisotopic (exact) mass is 334 g/mol. The largest absolute Gasteiger partial charge is 0.346 e. The van der Waals surface area contributed by atoms with Gasteiger partial charge in [-0.1, -0.05) is 25.1 Å². The molecule has 0 fully saturated rings. The van der Waals surface area contributed by atoms with Gasteiger partial charge in [-0.25, -0.2) is 18.2 Å². The molecule has 1 aromatic heterocycles. The lowest BCUT2D eigenvalue weighted by Gasteiger charge is -2.20. The quantitative estimate of drug-likeness (QED) is 0.793. The van der Waals surface area contributed by atoms with E-state index in [0.29, 0.717) is 11.6 Å². The fraction of sp³-hybridized carbons (Fsp3) is 0.583. The van der Waals surface area contributed by atoms with E-state index in [1.165, 1.54) is 18.7 Å². The van der Waals surface area contributed by atoms with Crippen LogP contribution in [0.15, 0.2) is 23.1 Å². The maximum atomic E-state index is 12.3. The van der Waals surface area contributed by atoms with Crippen LogP contribution in [0.4, 0.5) is 4.79 Å². The summed E-state index contributed by atoms with van der Waals surface area (Å²) in [6.07, 6.45) is 1.82. The van der Waals surface area contributed by atoms with E-state index in [-0.39, 0.29) is 11.7 Å². The number of rotatable bonds is 6. The first kappa shape index (κ1) is 17.6. The van der Waals surface area contributed by atoms with Crippen LogP contribution in [0.3, 0.4) is 0 Å². The van der Waals surface area contributed by atoms with Gasteiger partial charge in [-0.3, -0.25) is 0 Å². The molecule has 0 aromatic carbocycles. The Morgan fingerprint density at radius 2 is 2.14 bits per heavy atom. The third-order valence-electron chi connectivity index (χ3n) is 2.67. The molecule has 0 spiro atoms. The minimum absolute atomic E-state index is 0.167. The molecule has 0 aliphatic heterocycles. The fourth-order valence-electron chi connectivity index (χ4n) is 1.55. The summed E-state index contributed by atoms with van der Waals surface area (Å²) in [6.45, 7) is 9.14. The Morgan fingerprint density at radius 3 is 2.62 bits per heavy atom. The predicted octanol–water partition coefficient (Wildman–Crippen LogP) is 1.89. The van der Waals surface area contributed by atoms with Gasteiger partial charge in [-0.15, -0.1) is 5.10 Å². The van der Waals surface area contributed by atoms with Crippen molar-refractivity contribution in [1.29, 1.82) is 0 Å². The molecule has 0 saturated heterocycles. The Hall–Kier alpha value is -1.41. The number of amides is 1. The first-order valence-electron chi connectivity index (χ1n) is 6.48. The van der Waals surface area contributed by atoms with Crippen LogP contribution in [-0.4, -0.2) is 52.5 Å². The molecule has 1 heterocycles. The number of nitrogens with zero attached hydrogens (tertiary/aromatic N) is 4.